The minimum Gasteiger partial charge on any atom is -0.481 e. The zero-order valence-corrected chi connectivity index (χ0v) is 17.6. The van der Waals surface area contributed by atoms with Crippen LogP contribution in [-0.4, -0.2) is 49.9 Å². The van der Waals surface area contributed by atoms with Crippen LogP contribution in [0.25, 0.3) is 11.1 Å². The quantitative estimate of drug-likeness (QED) is 0.536. The van der Waals surface area contributed by atoms with Gasteiger partial charge in [0.1, 0.15) is 11.3 Å². The topological polar surface area (TPSA) is 137 Å². The van der Waals surface area contributed by atoms with Gasteiger partial charge in [-0.25, -0.2) is 13.2 Å². The maximum atomic E-state index is 12.1. The van der Waals surface area contributed by atoms with Crippen LogP contribution < -0.4 is 18.9 Å². The van der Waals surface area contributed by atoms with Crippen molar-refractivity contribution in [2.24, 2.45) is 0 Å². The summed E-state index contributed by atoms with van der Waals surface area (Å²) in [5, 5.41) is 9.86. The highest BCUT2D eigenvalue weighted by molar-refractivity contribution is 7.92. The number of carboxylic acid groups (broad SMARTS) is 1. The van der Waals surface area contributed by atoms with Crippen molar-refractivity contribution in [1.29, 1.82) is 0 Å². The first-order valence-electron chi connectivity index (χ1n) is 8.79. The van der Waals surface area contributed by atoms with Crippen LogP contribution in [0.3, 0.4) is 0 Å². The molecule has 0 atom stereocenters. The third-order valence-corrected chi connectivity index (χ3v) is 4.60. The van der Waals surface area contributed by atoms with Gasteiger partial charge in [-0.15, -0.1) is 0 Å². The molecule has 1 aromatic heterocycles. The molecule has 0 aliphatic rings. The number of benzene rings is 2. The first-order chi connectivity index (χ1) is 14.7. The van der Waals surface area contributed by atoms with Crippen LogP contribution in [0.1, 0.15) is 10.4 Å². The predicted molar refractivity (Wildman–Crippen MR) is 113 cm³/mol. The molecule has 162 valence electrons. The van der Waals surface area contributed by atoms with Crippen molar-refractivity contribution in [2.75, 3.05) is 25.2 Å². The fourth-order valence-electron chi connectivity index (χ4n) is 2.78. The van der Waals surface area contributed by atoms with E-state index >= 15 is 0 Å². The van der Waals surface area contributed by atoms with E-state index in [1.54, 1.807) is 30.3 Å². The number of rotatable bonds is 8. The molecule has 0 radical (unpaired) electrons. The summed E-state index contributed by atoms with van der Waals surface area (Å²) >= 11 is 0. The lowest BCUT2D eigenvalue weighted by molar-refractivity contribution is 0.0695. The normalized spacial score (nSPS) is 10.9. The number of carboxylic acids is 1. The first-order valence-corrected chi connectivity index (χ1v) is 10.7. The largest absolute Gasteiger partial charge is 0.481 e. The molecule has 0 spiro atoms. The maximum absolute atomic E-state index is 12.1. The van der Waals surface area contributed by atoms with E-state index in [0.29, 0.717) is 16.8 Å². The fraction of sp³-hybridized carbons (Fsp3) is 0.150. The molecule has 0 bridgehead atoms. The van der Waals surface area contributed by atoms with E-state index < -0.39 is 16.0 Å². The number of anilines is 1. The molecular formula is C20H19N3O7S. The molecule has 31 heavy (non-hydrogen) atoms. The number of sulfonamides is 1. The average molecular weight is 445 g/mol. The van der Waals surface area contributed by atoms with Crippen molar-refractivity contribution in [3.05, 3.63) is 54.1 Å². The van der Waals surface area contributed by atoms with Crippen LogP contribution in [0.4, 0.5) is 5.69 Å². The van der Waals surface area contributed by atoms with Gasteiger partial charge in [-0.05, 0) is 23.8 Å². The van der Waals surface area contributed by atoms with E-state index in [1.165, 1.54) is 32.4 Å². The van der Waals surface area contributed by atoms with Crippen LogP contribution >= 0.6 is 0 Å². The van der Waals surface area contributed by atoms with Crippen LogP contribution in [0.5, 0.6) is 23.5 Å². The predicted octanol–water partition coefficient (Wildman–Crippen LogP) is 3.02. The summed E-state index contributed by atoms with van der Waals surface area (Å²) in [5.41, 5.74) is 0.936. The molecule has 1 heterocycles. The standard InChI is InChI=1S/C20H19N3O7S/c1-28-16-11-17(29-2)22-20(21-16)30-15-9-5-8-14(18(15)19(24)25)12-6-4-7-13(10-12)23-31(3,26)27/h4-11,23H,1-3H3,(H,24,25). The number of ether oxygens (including phenoxy) is 3. The number of methoxy groups -OCH3 is 2. The van der Waals surface area contributed by atoms with E-state index in [0.717, 1.165) is 6.26 Å². The van der Waals surface area contributed by atoms with Crippen molar-refractivity contribution >= 4 is 21.7 Å². The highest BCUT2D eigenvalue weighted by Crippen LogP contribution is 2.34. The van der Waals surface area contributed by atoms with Gasteiger partial charge in [0.15, 0.2) is 0 Å². The van der Waals surface area contributed by atoms with Crippen LogP contribution in [0.2, 0.25) is 0 Å². The summed E-state index contributed by atoms with van der Waals surface area (Å²) in [6, 6.07) is 12.3. The Labute approximate surface area is 178 Å². The van der Waals surface area contributed by atoms with E-state index in [4.69, 9.17) is 14.2 Å². The highest BCUT2D eigenvalue weighted by Gasteiger charge is 2.20. The summed E-state index contributed by atoms with van der Waals surface area (Å²) in [5.74, 6) is -0.910. The molecule has 3 aromatic rings. The molecule has 0 unspecified atom stereocenters. The second-order valence-corrected chi connectivity index (χ2v) is 8.02. The fourth-order valence-corrected chi connectivity index (χ4v) is 3.33. The molecule has 0 saturated carbocycles. The number of nitrogens with zero attached hydrogens (tertiary/aromatic N) is 2. The molecule has 3 rings (SSSR count). The van der Waals surface area contributed by atoms with Gasteiger partial charge in [0, 0.05) is 11.3 Å². The molecule has 2 aromatic carbocycles. The van der Waals surface area contributed by atoms with Crippen LogP contribution in [0, 0.1) is 0 Å². The third-order valence-electron chi connectivity index (χ3n) is 4.00. The summed E-state index contributed by atoms with van der Waals surface area (Å²) in [6.07, 6.45) is 1.03. The summed E-state index contributed by atoms with van der Waals surface area (Å²) < 4.78 is 41.2. The second kappa shape index (κ2) is 8.88. The zero-order chi connectivity index (χ0) is 22.6. The van der Waals surface area contributed by atoms with E-state index in [9.17, 15) is 18.3 Å². The van der Waals surface area contributed by atoms with Gasteiger partial charge in [0.2, 0.25) is 21.8 Å². The summed E-state index contributed by atoms with van der Waals surface area (Å²) in [6.45, 7) is 0. The van der Waals surface area contributed by atoms with Crippen molar-refractivity contribution in [3.8, 4) is 34.6 Å². The molecular weight excluding hydrogens is 426 g/mol. The SMILES string of the molecule is COc1cc(OC)nc(Oc2cccc(-c3cccc(NS(C)(=O)=O)c3)c2C(=O)O)n1. The van der Waals surface area contributed by atoms with Gasteiger partial charge in [-0.1, -0.05) is 24.3 Å². The Morgan fingerprint density at radius 2 is 1.65 bits per heavy atom. The Morgan fingerprint density at radius 1 is 1.00 bits per heavy atom. The molecule has 11 heteroatoms. The maximum Gasteiger partial charge on any atom is 0.340 e. The zero-order valence-electron chi connectivity index (χ0n) is 16.8. The molecule has 0 amide bonds. The van der Waals surface area contributed by atoms with Gasteiger partial charge in [0.05, 0.1) is 26.5 Å². The lowest BCUT2D eigenvalue weighted by Gasteiger charge is -2.13. The van der Waals surface area contributed by atoms with Gasteiger partial charge in [-0.2, -0.15) is 9.97 Å². The number of hydrogen-bond donors (Lipinski definition) is 2. The van der Waals surface area contributed by atoms with Crippen molar-refractivity contribution in [2.45, 2.75) is 0 Å². The number of carbonyl (C=O) groups is 1. The van der Waals surface area contributed by atoms with E-state index in [1.807, 2.05) is 0 Å². The van der Waals surface area contributed by atoms with Gasteiger partial charge in [-0.3, -0.25) is 4.72 Å². The Bertz CT molecular complexity index is 1210. The number of hydrogen-bond acceptors (Lipinski definition) is 8. The monoisotopic (exact) mass is 445 g/mol. The molecule has 10 nitrogen and oxygen atoms in total. The Morgan fingerprint density at radius 3 is 2.23 bits per heavy atom. The summed E-state index contributed by atoms with van der Waals surface area (Å²) in [7, 11) is -0.678. The smallest absolute Gasteiger partial charge is 0.340 e. The lowest BCUT2D eigenvalue weighted by atomic mass is 9.98. The van der Waals surface area contributed by atoms with Crippen molar-refractivity contribution in [1.82, 2.24) is 9.97 Å². The highest BCUT2D eigenvalue weighted by atomic mass is 32.2. The minimum atomic E-state index is -3.50. The Balaban J connectivity index is 2.07. The second-order valence-electron chi connectivity index (χ2n) is 6.28. The lowest BCUT2D eigenvalue weighted by Crippen LogP contribution is -2.09. The molecule has 0 fully saturated rings. The van der Waals surface area contributed by atoms with Crippen molar-refractivity contribution < 1.29 is 32.5 Å². The average Bonchev–Trinajstić information content (AvgIpc) is 2.72. The molecule has 0 saturated heterocycles. The number of aromatic carboxylic acids is 1. The van der Waals surface area contributed by atoms with Gasteiger partial charge < -0.3 is 19.3 Å². The molecule has 0 aliphatic heterocycles. The van der Waals surface area contributed by atoms with Crippen LogP contribution in [-0.2, 0) is 10.0 Å². The third kappa shape index (κ3) is 5.39. The van der Waals surface area contributed by atoms with Crippen molar-refractivity contribution in [3.63, 3.8) is 0 Å². The van der Waals surface area contributed by atoms with Crippen LogP contribution in [0.15, 0.2) is 48.5 Å². The summed E-state index contributed by atoms with van der Waals surface area (Å²) in [4.78, 5) is 20.2. The number of aromatic nitrogens is 2. The minimum absolute atomic E-state index is 0.0122. The Kier molecular flexibility index (Phi) is 6.25. The number of nitrogens with one attached hydrogen (secondary N) is 1. The molecule has 2 N–H and O–H groups in total. The van der Waals surface area contributed by atoms with E-state index in [-0.39, 0.29) is 29.1 Å². The first kappa shape index (κ1) is 21.8. The Hall–Kier alpha value is -3.86. The van der Waals surface area contributed by atoms with Gasteiger partial charge in [0.25, 0.3) is 0 Å². The molecule has 0 aliphatic carbocycles. The van der Waals surface area contributed by atoms with E-state index in [2.05, 4.69) is 14.7 Å². The van der Waals surface area contributed by atoms with Gasteiger partial charge >= 0.3 is 12.0 Å².